The lowest BCUT2D eigenvalue weighted by molar-refractivity contribution is -0.135. The molecule has 8 nitrogen and oxygen atoms in total. The second-order valence-corrected chi connectivity index (χ2v) is 6.29. The maximum Gasteiger partial charge on any atom is 0.256 e. The molecule has 3 rings (SSSR count). The summed E-state index contributed by atoms with van der Waals surface area (Å²) < 4.78 is 3.24. The minimum absolute atomic E-state index is 0.00228. The van der Waals surface area contributed by atoms with Gasteiger partial charge in [0, 0.05) is 32.1 Å². The fourth-order valence-electron chi connectivity index (χ4n) is 3.09. The Hall–Kier alpha value is -2.51. The number of hydrogen-bond donors (Lipinski definition) is 0. The number of aryl methyl sites for hydroxylation is 1. The number of nitrogens with zero attached hydrogens (tertiary/aromatic N) is 6. The van der Waals surface area contributed by atoms with E-state index in [0.717, 1.165) is 11.3 Å². The predicted octanol–water partition coefficient (Wildman–Crippen LogP) is -0.0563. The molecule has 8 heteroatoms. The summed E-state index contributed by atoms with van der Waals surface area (Å²) in [7, 11) is 1.74. The third kappa shape index (κ3) is 3.08. The number of carbonyl (C=O) groups is 1. The summed E-state index contributed by atoms with van der Waals surface area (Å²) in [4.78, 5) is 35.4. The smallest absolute Gasteiger partial charge is 0.256 e. The zero-order valence-electron chi connectivity index (χ0n) is 14.3. The lowest BCUT2D eigenvalue weighted by atomic mass is 10.1. The van der Waals surface area contributed by atoms with Crippen molar-refractivity contribution in [2.24, 2.45) is 13.0 Å². The van der Waals surface area contributed by atoms with Gasteiger partial charge in [-0.15, -0.1) is 0 Å². The van der Waals surface area contributed by atoms with Gasteiger partial charge in [-0.05, 0) is 13.3 Å². The number of carbonyl (C=O) groups excluding carboxylic acids is 1. The molecule has 0 radical (unpaired) electrons. The summed E-state index contributed by atoms with van der Waals surface area (Å²) in [6, 6.07) is 0. The molecule has 0 aromatic carbocycles. The Morgan fingerprint density at radius 2 is 2.08 bits per heavy atom. The first-order valence-electron chi connectivity index (χ1n) is 8.14. The summed E-state index contributed by atoms with van der Waals surface area (Å²) in [6.07, 6.45) is 4.24. The van der Waals surface area contributed by atoms with Gasteiger partial charge in [-0.25, -0.2) is 9.97 Å². The van der Waals surface area contributed by atoms with Gasteiger partial charge in [0.25, 0.3) is 5.56 Å². The molecule has 1 unspecified atom stereocenters. The van der Waals surface area contributed by atoms with Crippen molar-refractivity contribution in [1.82, 2.24) is 29.2 Å². The quantitative estimate of drug-likeness (QED) is 0.787. The molecule has 2 aromatic heterocycles. The Morgan fingerprint density at radius 1 is 1.33 bits per heavy atom. The SMILES string of the molecule is Cc1nc2c(c(=O)n1C)CCN(C(=O)C(C)Cn1cncn1)CC2. The molecule has 1 aliphatic rings. The monoisotopic (exact) mass is 330 g/mol. The van der Waals surface area contributed by atoms with E-state index in [-0.39, 0.29) is 17.4 Å². The first-order chi connectivity index (χ1) is 11.5. The van der Waals surface area contributed by atoms with Gasteiger partial charge >= 0.3 is 0 Å². The van der Waals surface area contributed by atoms with Crippen molar-refractivity contribution in [2.75, 3.05) is 13.1 Å². The van der Waals surface area contributed by atoms with Crippen molar-refractivity contribution in [3.05, 3.63) is 40.1 Å². The molecule has 1 atom stereocenters. The summed E-state index contributed by atoms with van der Waals surface area (Å²) in [5, 5.41) is 4.05. The van der Waals surface area contributed by atoms with Crippen LogP contribution in [-0.4, -0.2) is 48.2 Å². The van der Waals surface area contributed by atoms with Crippen LogP contribution < -0.4 is 5.56 Å². The van der Waals surface area contributed by atoms with Crippen LogP contribution >= 0.6 is 0 Å². The molecule has 0 bridgehead atoms. The Morgan fingerprint density at radius 3 is 2.79 bits per heavy atom. The van der Waals surface area contributed by atoms with E-state index in [1.807, 2.05) is 18.7 Å². The summed E-state index contributed by atoms with van der Waals surface area (Å²) in [5.41, 5.74) is 1.57. The number of fused-ring (bicyclic) bond motifs is 1. The van der Waals surface area contributed by atoms with Crippen molar-refractivity contribution in [3.63, 3.8) is 0 Å². The molecule has 0 saturated carbocycles. The van der Waals surface area contributed by atoms with Crippen LogP contribution in [0, 0.1) is 12.8 Å². The van der Waals surface area contributed by atoms with Gasteiger partial charge in [0.15, 0.2) is 0 Å². The number of hydrogen-bond acceptors (Lipinski definition) is 5. The van der Waals surface area contributed by atoms with E-state index in [4.69, 9.17) is 0 Å². The van der Waals surface area contributed by atoms with Gasteiger partial charge in [0.05, 0.1) is 18.2 Å². The fraction of sp³-hybridized carbons (Fsp3) is 0.562. The molecule has 3 heterocycles. The van der Waals surface area contributed by atoms with Crippen LogP contribution in [0.1, 0.15) is 24.0 Å². The summed E-state index contributed by atoms with van der Waals surface area (Å²) in [6.45, 7) is 5.36. The minimum atomic E-state index is -0.189. The maximum atomic E-state index is 12.7. The first kappa shape index (κ1) is 16.4. The van der Waals surface area contributed by atoms with Crippen LogP contribution in [0.4, 0.5) is 0 Å². The van der Waals surface area contributed by atoms with Gasteiger partial charge < -0.3 is 4.90 Å². The zero-order valence-corrected chi connectivity index (χ0v) is 14.3. The Labute approximate surface area is 140 Å². The van der Waals surface area contributed by atoms with Gasteiger partial charge in [0.2, 0.25) is 5.91 Å². The molecular formula is C16H22N6O2. The lowest BCUT2D eigenvalue weighted by Crippen LogP contribution is -2.38. The van der Waals surface area contributed by atoms with E-state index in [1.165, 1.54) is 6.33 Å². The van der Waals surface area contributed by atoms with E-state index in [1.54, 1.807) is 22.6 Å². The number of aromatic nitrogens is 5. The van der Waals surface area contributed by atoms with E-state index in [0.29, 0.717) is 38.3 Å². The molecule has 2 aromatic rings. The van der Waals surface area contributed by atoms with Crippen LogP contribution in [0.3, 0.4) is 0 Å². The molecule has 128 valence electrons. The van der Waals surface area contributed by atoms with Gasteiger partial charge in [-0.2, -0.15) is 5.10 Å². The third-order valence-electron chi connectivity index (χ3n) is 4.60. The Kier molecular flexibility index (Phi) is 4.46. The number of rotatable bonds is 3. The van der Waals surface area contributed by atoms with Crippen LogP contribution in [-0.2, 0) is 31.2 Å². The van der Waals surface area contributed by atoms with E-state index >= 15 is 0 Å². The van der Waals surface area contributed by atoms with Crippen molar-refractivity contribution in [3.8, 4) is 0 Å². The average molecular weight is 330 g/mol. The van der Waals surface area contributed by atoms with Crippen molar-refractivity contribution in [2.45, 2.75) is 33.2 Å². The highest BCUT2D eigenvalue weighted by atomic mass is 16.2. The zero-order chi connectivity index (χ0) is 17.3. The lowest BCUT2D eigenvalue weighted by Gasteiger charge is -2.23. The first-order valence-corrected chi connectivity index (χ1v) is 8.14. The van der Waals surface area contributed by atoms with Gasteiger partial charge in [-0.1, -0.05) is 6.92 Å². The highest BCUT2D eigenvalue weighted by Gasteiger charge is 2.25. The topological polar surface area (TPSA) is 85.9 Å². The van der Waals surface area contributed by atoms with Gasteiger partial charge in [0.1, 0.15) is 18.5 Å². The summed E-state index contributed by atoms with van der Waals surface area (Å²) in [5.74, 6) is 0.593. The van der Waals surface area contributed by atoms with E-state index in [9.17, 15) is 9.59 Å². The molecule has 0 saturated heterocycles. The molecule has 1 aliphatic heterocycles. The maximum absolute atomic E-state index is 12.7. The minimum Gasteiger partial charge on any atom is -0.342 e. The van der Waals surface area contributed by atoms with Crippen molar-refractivity contribution < 1.29 is 4.79 Å². The van der Waals surface area contributed by atoms with Crippen molar-refractivity contribution >= 4 is 5.91 Å². The molecule has 0 aliphatic carbocycles. The normalized spacial score (nSPS) is 15.7. The summed E-state index contributed by atoms with van der Waals surface area (Å²) >= 11 is 0. The highest BCUT2D eigenvalue weighted by Crippen LogP contribution is 2.14. The second kappa shape index (κ2) is 6.54. The van der Waals surface area contributed by atoms with E-state index < -0.39 is 0 Å². The second-order valence-electron chi connectivity index (χ2n) is 6.29. The van der Waals surface area contributed by atoms with Crippen LogP contribution in [0.5, 0.6) is 0 Å². The highest BCUT2D eigenvalue weighted by molar-refractivity contribution is 5.78. The molecule has 0 fully saturated rings. The van der Waals surface area contributed by atoms with Crippen LogP contribution in [0.15, 0.2) is 17.4 Å². The van der Waals surface area contributed by atoms with Crippen molar-refractivity contribution in [1.29, 1.82) is 0 Å². The van der Waals surface area contributed by atoms with Gasteiger partial charge in [-0.3, -0.25) is 18.8 Å². The van der Waals surface area contributed by atoms with Crippen LogP contribution in [0.2, 0.25) is 0 Å². The average Bonchev–Trinajstić information content (AvgIpc) is 2.97. The standard InChI is InChI=1S/C16H22N6O2/c1-11(8-22-10-17-9-18-22)15(23)21-6-4-13-14(5-7-21)19-12(2)20(3)16(13)24/h9-11H,4-8H2,1-3H3. The molecule has 0 spiro atoms. The molecule has 24 heavy (non-hydrogen) atoms. The Balaban J connectivity index is 1.73. The predicted molar refractivity (Wildman–Crippen MR) is 87.4 cm³/mol. The third-order valence-corrected chi connectivity index (χ3v) is 4.60. The fourth-order valence-corrected chi connectivity index (χ4v) is 3.09. The van der Waals surface area contributed by atoms with E-state index in [2.05, 4.69) is 15.1 Å². The number of amides is 1. The molecule has 1 amide bonds. The molecule has 0 N–H and O–H groups in total. The largest absolute Gasteiger partial charge is 0.342 e. The Bertz CT molecular complexity index is 796. The molecular weight excluding hydrogens is 308 g/mol. The van der Waals surface area contributed by atoms with Crippen LogP contribution in [0.25, 0.3) is 0 Å².